The molecule has 20 heavy (non-hydrogen) atoms. The minimum atomic E-state index is 0.214. The van der Waals surface area contributed by atoms with E-state index in [2.05, 4.69) is 27.5 Å². The van der Waals surface area contributed by atoms with Crippen molar-refractivity contribution in [2.24, 2.45) is 5.92 Å². The molecular weight excluding hydrogens is 256 g/mol. The van der Waals surface area contributed by atoms with Crippen LogP contribution >= 0.6 is 0 Å². The van der Waals surface area contributed by atoms with Gasteiger partial charge in [0.1, 0.15) is 6.33 Å². The van der Waals surface area contributed by atoms with Crippen LogP contribution in [0.4, 0.5) is 11.6 Å². The number of nitrogens with zero attached hydrogens (tertiary/aromatic N) is 2. The number of aliphatic hydroxyl groups excluding tert-OH is 1. The Morgan fingerprint density at radius 1 is 1.35 bits per heavy atom. The van der Waals surface area contributed by atoms with E-state index in [0.29, 0.717) is 23.3 Å². The molecule has 0 radical (unpaired) electrons. The van der Waals surface area contributed by atoms with Gasteiger partial charge in [-0.1, -0.05) is 13.3 Å². The molecule has 2 unspecified atom stereocenters. The van der Waals surface area contributed by atoms with Gasteiger partial charge >= 0.3 is 0 Å². The minimum absolute atomic E-state index is 0.214. The average molecular weight is 280 g/mol. The van der Waals surface area contributed by atoms with Gasteiger partial charge in [0.15, 0.2) is 11.6 Å². The van der Waals surface area contributed by atoms with Crippen LogP contribution in [-0.2, 0) is 0 Å². The highest BCUT2D eigenvalue weighted by Gasteiger charge is 2.28. The topological polar surface area (TPSA) is 79.3 Å². The molecule has 1 saturated carbocycles. The first-order valence-electron chi connectivity index (χ1n) is 7.30. The van der Waals surface area contributed by atoms with Crippen LogP contribution in [-0.4, -0.2) is 41.4 Å². The van der Waals surface area contributed by atoms with Crippen LogP contribution in [0.1, 0.15) is 32.6 Å². The van der Waals surface area contributed by atoms with Crippen LogP contribution in [0.2, 0.25) is 0 Å². The molecule has 0 amide bonds. The minimum Gasteiger partial charge on any atom is -0.490 e. The van der Waals surface area contributed by atoms with Crippen molar-refractivity contribution in [3.05, 3.63) is 6.33 Å². The lowest BCUT2D eigenvalue weighted by atomic mass is 10.1. The van der Waals surface area contributed by atoms with Crippen LogP contribution in [0, 0.1) is 5.92 Å². The lowest BCUT2D eigenvalue weighted by Crippen LogP contribution is -2.27. The number of aliphatic hydroxyl groups is 1. The van der Waals surface area contributed by atoms with Gasteiger partial charge in [-0.2, -0.15) is 0 Å². The molecule has 1 heterocycles. The van der Waals surface area contributed by atoms with Gasteiger partial charge in [0, 0.05) is 25.1 Å². The second-order valence-corrected chi connectivity index (χ2v) is 5.16. The van der Waals surface area contributed by atoms with E-state index in [4.69, 9.17) is 4.74 Å². The second-order valence-electron chi connectivity index (χ2n) is 5.16. The monoisotopic (exact) mass is 280 g/mol. The summed E-state index contributed by atoms with van der Waals surface area (Å²) in [6, 6.07) is 0.253. The van der Waals surface area contributed by atoms with Crippen molar-refractivity contribution in [1.29, 1.82) is 0 Å². The first kappa shape index (κ1) is 14.8. The maximum Gasteiger partial charge on any atom is 0.204 e. The summed E-state index contributed by atoms with van der Waals surface area (Å²) in [5.41, 5.74) is 0. The van der Waals surface area contributed by atoms with Gasteiger partial charge in [-0.3, -0.25) is 0 Å². The van der Waals surface area contributed by atoms with Crippen LogP contribution in [0.25, 0.3) is 0 Å². The number of aromatic nitrogens is 2. The smallest absolute Gasteiger partial charge is 0.204 e. The summed E-state index contributed by atoms with van der Waals surface area (Å²) in [7, 11) is 1.62. The summed E-state index contributed by atoms with van der Waals surface area (Å²) in [5.74, 6) is 2.35. The number of hydrogen-bond acceptors (Lipinski definition) is 6. The largest absolute Gasteiger partial charge is 0.490 e. The lowest BCUT2D eigenvalue weighted by Gasteiger charge is -2.21. The number of hydrogen-bond donors (Lipinski definition) is 3. The Balaban J connectivity index is 2.14. The summed E-state index contributed by atoms with van der Waals surface area (Å²) in [4.78, 5) is 8.51. The van der Waals surface area contributed by atoms with E-state index in [1.54, 1.807) is 7.11 Å². The molecule has 1 aromatic heterocycles. The molecule has 0 aliphatic heterocycles. The molecule has 1 aliphatic rings. The quantitative estimate of drug-likeness (QED) is 0.707. The van der Waals surface area contributed by atoms with Crippen LogP contribution < -0.4 is 15.4 Å². The molecule has 3 N–H and O–H groups in total. The summed E-state index contributed by atoms with van der Waals surface area (Å²) < 4.78 is 5.44. The Bertz CT molecular complexity index is 428. The molecule has 2 atom stereocenters. The van der Waals surface area contributed by atoms with Crippen LogP contribution in [0.3, 0.4) is 0 Å². The predicted molar refractivity (Wildman–Crippen MR) is 79.2 cm³/mol. The molecule has 0 aromatic carbocycles. The number of anilines is 2. The Labute approximate surface area is 120 Å². The van der Waals surface area contributed by atoms with Crippen molar-refractivity contribution in [1.82, 2.24) is 9.97 Å². The van der Waals surface area contributed by atoms with E-state index in [9.17, 15) is 5.11 Å². The van der Waals surface area contributed by atoms with Crippen molar-refractivity contribution in [3.8, 4) is 5.75 Å². The van der Waals surface area contributed by atoms with E-state index in [0.717, 1.165) is 32.2 Å². The third-order valence-corrected chi connectivity index (χ3v) is 3.77. The second kappa shape index (κ2) is 7.28. The van der Waals surface area contributed by atoms with E-state index >= 15 is 0 Å². The maximum absolute atomic E-state index is 9.40. The molecule has 0 bridgehead atoms. The van der Waals surface area contributed by atoms with Crippen LogP contribution in [0.15, 0.2) is 6.33 Å². The Hall–Kier alpha value is -1.56. The molecule has 1 fully saturated rings. The fourth-order valence-electron chi connectivity index (χ4n) is 2.66. The number of methoxy groups -OCH3 is 1. The van der Waals surface area contributed by atoms with Crippen molar-refractivity contribution < 1.29 is 9.84 Å². The number of ether oxygens (including phenoxy) is 1. The Morgan fingerprint density at radius 2 is 2.15 bits per heavy atom. The SMILES string of the molecule is CCCNc1ncnc(NC2CCCC2CO)c1OC. The molecule has 1 aliphatic carbocycles. The van der Waals surface area contributed by atoms with Gasteiger partial charge < -0.3 is 20.5 Å². The first-order chi connectivity index (χ1) is 9.80. The Morgan fingerprint density at radius 3 is 2.85 bits per heavy atom. The summed E-state index contributed by atoms with van der Waals surface area (Å²) in [5, 5.41) is 16.0. The highest BCUT2D eigenvalue weighted by molar-refractivity contribution is 5.63. The molecule has 1 aromatic rings. The van der Waals surface area contributed by atoms with E-state index in [-0.39, 0.29) is 12.6 Å². The zero-order valence-electron chi connectivity index (χ0n) is 12.2. The summed E-state index contributed by atoms with van der Waals surface area (Å²) in [6.07, 6.45) is 5.80. The third kappa shape index (κ3) is 3.30. The average Bonchev–Trinajstić information content (AvgIpc) is 2.92. The van der Waals surface area contributed by atoms with Gasteiger partial charge in [0.05, 0.1) is 7.11 Å². The molecule has 2 rings (SSSR count). The van der Waals surface area contributed by atoms with Gasteiger partial charge in [0.25, 0.3) is 0 Å². The molecule has 6 nitrogen and oxygen atoms in total. The van der Waals surface area contributed by atoms with Gasteiger partial charge in [-0.05, 0) is 19.3 Å². The van der Waals surface area contributed by atoms with Gasteiger partial charge in [-0.15, -0.1) is 0 Å². The maximum atomic E-state index is 9.40. The molecule has 0 saturated heterocycles. The first-order valence-corrected chi connectivity index (χ1v) is 7.30. The summed E-state index contributed by atoms with van der Waals surface area (Å²) in [6.45, 7) is 3.16. The normalized spacial score (nSPS) is 21.8. The standard InChI is InChI=1S/C14H24N4O2/c1-3-7-15-13-12(20-2)14(17-9-16-13)18-11-6-4-5-10(11)8-19/h9-11,19H,3-8H2,1-2H3,(H2,15,16,17,18). The zero-order valence-corrected chi connectivity index (χ0v) is 12.2. The fourth-order valence-corrected chi connectivity index (χ4v) is 2.66. The van der Waals surface area contributed by atoms with Gasteiger partial charge in [-0.25, -0.2) is 9.97 Å². The van der Waals surface area contributed by atoms with Crippen LogP contribution in [0.5, 0.6) is 5.75 Å². The Kier molecular flexibility index (Phi) is 5.40. The number of nitrogens with one attached hydrogen (secondary N) is 2. The molecule has 0 spiro atoms. The zero-order chi connectivity index (χ0) is 14.4. The van der Waals surface area contributed by atoms with Crippen molar-refractivity contribution in [3.63, 3.8) is 0 Å². The highest BCUT2D eigenvalue weighted by atomic mass is 16.5. The molecule has 112 valence electrons. The molecule has 6 heteroatoms. The fraction of sp³-hybridized carbons (Fsp3) is 0.714. The van der Waals surface area contributed by atoms with Crippen molar-refractivity contribution >= 4 is 11.6 Å². The van der Waals surface area contributed by atoms with Crippen molar-refractivity contribution in [2.45, 2.75) is 38.6 Å². The molecular formula is C14H24N4O2. The van der Waals surface area contributed by atoms with Crippen molar-refractivity contribution in [2.75, 3.05) is 30.9 Å². The van der Waals surface area contributed by atoms with Gasteiger partial charge in [0.2, 0.25) is 5.75 Å². The van der Waals surface area contributed by atoms with E-state index < -0.39 is 0 Å². The highest BCUT2D eigenvalue weighted by Crippen LogP contribution is 2.33. The summed E-state index contributed by atoms with van der Waals surface area (Å²) >= 11 is 0. The number of rotatable bonds is 7. The van der Waals surface area contributed by atoms with E-state index in [1.807, 2.05) is 0 Å². The predicted octanol–water partition coefficient (Wildman–Crippen LogP) is 1.88. The lowest BCUT2D eigenvalue weighted by molar-refractivity contribution is 0.222. The third-order valence-electron chi connectivity index (χ3n) is 3.77. The van der Waals surface area contributed by atoms with E-state index in [1.165, 1.54) is 6.33 Å².